The molecule has 26 heavy (non-hydrogen) atoms. The summed E-state index contributed by atoms with van der Waals surface area (Å²) < 4.78 is 7.06. The zero-order valence-corrected chi connectivity index (χ0v) is 15.8. The van der Waals surface area contributed by atoms with Crippen LogP contribution in [0.15, 0.2) is 10.6 Å². The van der Waals surface area contributed by atoms with Crippen LogP contribution in [0.5, 0.6) is 0 Å². The van der Waals surface area contributed by atoms with E-state index in [-0.39, 0.29) is 5.91 Å². The van der Waals surface area contributed by atoms with E-state index in [2.05, 4.69) is 29.1 Å². The lowest BCUT2D eigenvalue weighted by Gasteiger charge is -2.31. The van der Waals surface area contributed by atoms with E-state index in [0.29, 0.717) is 23.4 Å². The molecule has 0 bridgehead atoms. The van der Waals surface area contributed by atoms with Gasteiger partial charge in [0, 0.05) is 32.5 Å². The van der Waals surface area contributed by atoms with Crippen molar-refractivity contribution in [2.75, 3.05) is 13.1 Å². The van der Waals surface area contributed by atoms with Gasteiger partial charge >= 0.3 is 0 Å². The number of amides is 1. The topological polar surface area (TPSA) is 77.0 Å². The maximum absolute atomic E-state index is 12.8. The fourth-order valence-corrected chi connectivity index (χ4v) is 3.58. The first-order valence-corrected chi connectivity index (χ1v) is 9.67. The molecule has 4 rings (SSSR count). The van der Waals surface area contributed by atoms with Crippen molar-refractivity contribution in [2.24, 2.45) is 13.0 Å². The van der Waals surface area contributed by atoms with Crippen LogP contribution in [-0.4, -0.2) is 43.8 Å². The van der Waals surface area contributed by atoms with Crippen LogP contribution in [0.2, 0.25) is 0 Å². The lowest BCUT2D eigenvalue weighted by Crippen LogP contribution is -2.39. The number of rotatable bonds is 5. The zero-order valence-electron chi connectivity index (χ0n) is 15.8. The first kappa shape index (κ1) is 17.2. The Labute approximate surface area is 153 Å². The van der Waals surface area contributed by atoms with E-state index in [1.165, 1.54) is 12.8 Å². The minimum Gasteiger partial charge on any atom is -0.339 e. The minimum absolute atomic E-state index is 0.0842. The van der Waals surface area contributed by atoms with Gasteiger partial charge in [0.25, 0.3) is 5.91 Å². The van der Waals surface area contributed by atoms with Crippen LogP contribution < -0.4 is 0 Å². The molecule has 2 aromatic rings. The van der Waals surface area contributed by atoms with Crippen LogP contribution in [0, 0.1) is 5.92 Å². The van der Waals surface area contributed by atoms with Crippen molar-refractivity contribution in [3.63, 3.8) is 0 Å². The Morgan fingerprint density at radius 2 is 2.00 bits per heavy atom. The van der Waals surface area contributed by atoms with Crippen molar-refractivity contribution in [1.82, 2.24) is 24.8 Å². The van der Waals surface area contributed by atoms with Gasteiger partial charge in [0.05, 0.1) is 5.69 Å². The van der Waals surface area contributed by atoms with Crippen LogP contribution >= 0.6 is 0 Å². The molecule has 1 aliphatic heterocycles. The van der Waals surface area contributed by atoms with Crippen molar-refractivity contribution in [3.8, 4) is 0 Å². The number of aromatic nitrogens is 4. The van der Waals surface area contributed by atoms with Crippen molar-refractivity contribution >= 4 is 5.91 Å². The molecule has 1 aliphatic carbocycles. The van der Waals surface area contributed by atoms with Gasteiger partial charge in [-0.25, -0.2) is 0 Å². The van der Waals surface area contributed by atoms with Gasteiger partial charge < -0.3 is 9.42 Å². The number of piperidine rings is 1. The quantitative estimate of drug-likeness (QED) is 0.822. The number of hydrogen-bond donors (Lipinski definition) is 0. The summed E-state index contributed by atoms with van der Waals surface area (Å²) in [7, 11) is 1.85. The molecule has 2 aromatic heterocycles. The van der Waals surface area contributed by atoms with Crippen molar-refractivity contribution in [1.29, 1.82) is 0 Å². The number of carbonyl (C=O) groups is 1. The smallest absolute Gasteiger partial charge is 0.272 e. The molecule has 0 atom stereocenters. The average Bonchev–Trinajstić information content (AvgIpc) is 3.25. The van der Waals surface area contributed by atoms with E-state index in [4.69, 9.17) is 4.52 Å². The summed E-state index contributed by atoms with van der Waals surface area (Å²) in [6.45, 7) is 5.74. The standard InChI is InChI=1S/C19H27N5O2/c1-12(2)15-11-16(23(3)21-15)19(25)24-8-6-13(7-9-24)10-17-20-18(26-22-17)14-4-5-14/h11-14H,4-10H2,1-3H3. The van der Waals surface area contributed by atoms with E-state index in [0.717, 1.165) is 49.8 Å². The number of likely N-dealkylation sites (tertiary alicyclic amines) is 1. The molecule has 1 saturated carbocycles. The average molecular weight is 357 g/mol. The molecule has 0 aromatic carbocycles. The molecule has 0 radical (unpaired) electrons. The van der Waals surface area contributed by atoms with Gasteiger partial charge in [-0.05, 0) is 43.6 Å². The van der Waals surface area contributed by atoms with E-state index in [1.807, 2.05) is 18.0 Å². The predicted octanol–water partition coefficient (Wildman–Crippen LogP) is 2.90. The summed E-state index contributed by atoms with van der Waals surface area (Å²) in [6.07, 6.45) is 5.16. The highest BCUT2D eigenvalue weighted by atomic mass is 16.5. The summed E-state index contributed by atoms with van der Waals surface area (Å²) in [5.74, 6) is 3.06. The van der Waals surface area contributed by atoms with Gasteiger partial charge in [-0.3, -0.25) is 9.48 Å². The van der Waals surface area contributed by atoms with E-state index in [1.54, 1.807) is 4.68 Å². The van der Waals surface area contributed by atoms with Gasteiger partial charge in [-0.2, -0.15) is 10.1 Å². The second-order valence-electron chi connectivity index (χ2n) is 8.00. The van der Waals surface area contributed by atoms with Gasteiger partial charge in [0.2, 0.25) is 5.89 Å². The molecule has 7 heteroatoms. The zero-order chi connectivity index (χ0) is 18.3. The highest BCUT2D eigenvalue weighted by Gasteiger charge is 2.31. The summed E-state index contributed by atoms with van der Waals surface area (Å²) in [5.41, 5.74) is 1.65. The Bertz CT molecular complexity index is 782. The number of nitrogens with zero attached hydrogens (tertiary/aromatic N) is 5. The van der Waals surface area contributed by atoms with Gasteiger partial charge in [-0.15, -0.1) is 0 Å². The summed E-state index contributed by atoms with van der Waals surface area (Å²) in [6, 6.07) is 1.93. The largest absolute Gasteiger partial charge is 0.339 e. The van der Waals surface area contributed by atoms with Crippen LogP contribution in [0.1, 0.15) is 79.3 Å². The summed E-state index contributed by atoms with van der Waals surface area (Å²) >= 11 is 0. The van der Waals surface area contributed by atoms with Crippen LogP contribution in [0.3, 0.4) is 0 Å². The number of hydrogen-bond acceptors (Lipinski definition) is 5. The molecule has 1 saturated heterocycles. The molecule has 2 fully saturated rings. The Morgan fingerprint density at radius 3 is 2.62 bits per heavy atom. The second-order valence-corrected chi connectivity index (χ2v) is 8.00. The van der Waals surface area contributed by atoms with Gasteiger partial charge in [-0.1, -0.05) is 19.0 Å². The first-order chi connectivity index (χ1) is 12.5. The maximum atomic E-state index is 12.8. The van der Waals surface area contributed by atoms with Crippen molar-refractivity contribution < 1.29 is 9.32 Å². The molecule has 2 aliphatic rings. The van der Waals surface area contributed by atoms with Gasteiger partial charge in [0.15, 0.2) is 5.82 Å². The number of aryl methyl sites for hydroxylation is 1. The van der Waals surface area contributed by atoms with Crippen molar-refractivity contribution in [2.45, 2.75) is 57.8 Å². The maximum Gasteiger partial charge on any atom is 0.272 e. The normalized spacial score (nSPS) is 18.7. The van der Waals surface area contributed by atoms with Crippen LogP contribution in [0.4, 0.5) is 0 Å². The Kier molecular flexibility index (Phi) is 4.54. The Balaban J connectivity index is 1.33. The summed E-state index contributed by atoms with van der Waals surface area (Å²) in [5, 5.41) is 8.59. The fraction of sp³-hybridized carbons (Fsp3) is 0.684. The van der Waals surface area contributed by atoms with E-state index in [9.17, 15) is 4.79 Å². The summed E-state index contributed by atoms with van der Waals surface area (Å²) in [4.78, 5) is 19.3. The lowest BCUT2D eigenvalue weighted by molar-refractivity contribution is 0.0678. The third-order valence-electron chi connectivity index (χ3n) is 5.49. The number of carbonyl (C=O) groups excluding carboxylic acids is 1. The highest BCUT2D eigenvalue weighted by molar-refractivity contribution is 5.92. The third kappa shape index (κ3) is 3.52. The first-order valence-electron chi connectivity index (χ1n) is 9.67. The SMILES string of the molecule is CC(C)c1cc(C(=O)N2CCC(Cc3noc(C4CC4)n3)CC2)n(C)n1. The highest BCUT2D eigenvalue weighted by Crippen LogP contribution is 2.39. The van der Waals surface area contributed by atoms with E-state index >= 15 is 0 Å². The van der Waals surface area contributed by atoms with Crippen LogP contribution in [-0.2, 0) is 13.5 Å². The molecule has 1 amide bonds. The molecule has 140 valence electrons. The Morgan fingerprint density at radius 1 is 1.27 bits per heavy atom. The molecular weight excluding hydrogens is 330 g/mol. The molecule has 3 heterocycles. The Hall–Kier alpha value is -2.18. The molecular formula is C19H27N5O2. The fourth-order valence-electron chi connectivity index (χ4n) is 3.58. The molecule has 0 N–H and O–H groups in total. The molecule has 7 nitrogen and oxygen atoms in total. The van der Waals surface area contributed by atoms with Crippen LogP contribution in [0.25, 0.3) is 0 Å². The second kappa shape index (κ2) is 6.85. The third-order valence-corrected chi connectivity index (χ3v) is 5.49. The van der Waals surface area contributed by atoms with Gasteiger partial charge in [0.1, 0.15) is 5.69 Å². The predicted molar refractivity (Wildman–Crippen MR) is 95.9 cm³/mol. The lowest BCUT2D eigenvalue weighted by atomic mass is 9.93. The molecule has 0 spiro atoms. The van der Waals surface area contributed by atoms with E-state index < -0.39 is 0 Å². The van der Waals surface area contributed by atoms with Crippen molar-refractivity contribution in [3.05, 3.63) is 29.2 Å². The molecule has 0 unspecified atom stereocenters. The monoisotopic (exact) mass is 357 g/mol. The minimum atomic E-state index is 0.0842.